The Morgan fingerprint density at radius 1 is 0.667 bits per heavy atom. The van der Waals surface area contributed by atoms with Crippen LogP contribution in [-0.2, 0) is 39.9 Å². The monoisotopic (exact) mass is 790 g/mol. The maximum atomic E-state index is 13.6. The fourth-order valence-electron chi connectivity index (χ4n) is 4.63. The van der Waals surface area contributed by atoms with Gasteiger partial charge in [-0.1, -0.05) is 31.9 Å². The van der Waals surface area contributed by atoms with Crippen molar-refractivity contribution in [2.75, 3.05) is 20.4 Å². The lowest BCUT2D eigenvalue weighted by molar-refractivity contribution is -0.151. The first-order valence-corrected chi connectivity index (χ1v) is 17.3. The maximum absolute atomic E-state index is 13.6. The largest absolute Gasteiger partial charge is 0.457 e. The molecule has 0 amide bonds. The van der Waals surface area contributed by atoms with Crippen LogP contribution in [0.4, 0.5) is 0 Å². The molecule has 4 aromatic carbocycles. The van der Waals surface area contributed by atoms with E-state index in [0.29, 0.717) is 32.1 Å². The van der Waals surface area contributed by atoms with Crippen LogP contribution in [0.2, 0.25) is 0 Å². The van der Waals surface area contributed by atoms with Crippen molar-refractivity contribution in [3.63, 3.8) is 0 Å². The molecule has 0 N–H and O–H groups in total. The van der Waals surface area contributed by atoms with Gasteiger partial charge in [-0.15, -0.1) is 11.3 Å². The van der Waals surface area contributed by atoms with Crippen molar-refractivity contribution in [2.45, 2.75) is 6.61 Å². The lowest BCUT2D eigenvalue weighted by Crippen LogP contribution is -2.13. The van der Waals surface area contributed by atoms with E-state index in [1.165, 1.54) is 54.6 Å². The summed E-state index contributed by atoms with van der Waals surface area (Å²) in [7, 11) is 0. The van der Waals surface area contributed by atoms with E-state index < -0.39 is 43.4 Å². The molecule has 0 atom stereocenters. The van der Waals surface area contributed by atoms with Crippen LogP contribution in [0, 0.1) is 11.3 Å². The molecular formula is C41H30N2O13S. The van der Waals surface area contributed by atoms with Crippen molar-refractivity contribution >= 4 is 51.4 Å². The number of fused-ring (bicyclic) bond motifs is 1. The maximum Gasteiger partial charge on any atom is 0.343 e. The van der Waals surface area contributed by atoms with Crippen molar-refractivity contribution in [1.82, 2.24) is 4.98 Å². The number of rotatable bonds is 18. The van der Waals surface area contributed by atoms with Crippen LogP contribution in [0.1, 0.15) is 31.8 Å². The third-order valence-electron chi connectivity index (χ3n) is 7.41. The van der Waals surface area contributed by atoms with Crippen molar-refractivity contribution in [3.05, 3.63) is 139 Å². The molecular weight excluding hydrogens is 761 g/mol. The van der Waals surface area contributed by atoms with Crippen LogP contribution in [0.5, 0.6) is 23.0 Å². The Morgan fingerprint density at radius 3 is 1.88 bits per heavy atom. The van der Waals surface area contributed by atoms with E-state index in [9.17, 15) is 29.2 Å². The second-order valence-electron chi connectivity index (χ2n) is 11.1. The van der Waals surface area contributed by atoms with Gasteiger partial charge in [-0.2, -0.15) is 5.26 Å². The molecule has 1 aromatic heterocycles. The van der Waals surface area contributed by atoms with Crippen molar-refractivity contribution < 1.29 is 61.9 Å². The third kappa shape index (κ3) is 11.0. The Kier molecular flexibility index (Phi) is 14.0. The van der Waals surface area contributed by atoms with Gasteiger partial charge < -0.3 is 37.9 Å². The molecule has 5 aromatic rings. The summed E-state index contributed by atoms with van der Waals surface area (Å²) in [5, 5.41) is 9.74. The first-order chi connectivity index (χ1) is 27.6. The average Bonchev–Trinajstić information content (AvgIpc) is 3.70. The summed E-state index contributed by atoms with van der Waals surface area (Å²) in [4.78, 5) is 65.8. The van der Waals surface area contributed by atoms with E-state index in [-0.39, 0.29) is 47.3 Å². The number of ether oxygens (including phenoxy) is 8. The summed E-state index contributed by atoms with van der Waals surface area (Å²) in [5.41, 5.74) is 1.84. The van der Waals surface area contributed by atoms with E-state index in [2.05, 4.69) is 25.8 Å². The lowest BCUT2D eigenvalue weighted by atomic mass is 10.1. The number of carbonyl (C=O) groups is 5. The molecule has 5 rings (SSSR count). The number of nitrogens with zero attached hydrogens (tertiary/aromatic N) is 2. The minimum absolute atomic E-state index is 0.0374. The molecule has 0 aliphatic rings. The molecule has 1 heterocycles. The summed E-state index contributed by atoms with van der Waals surface area (Å²) >= 11 is 1.16. The molecule has 0 fully saturated rings. The zero-order chi connectivity index (χ0) is 40.7. The van der Waals surface area contributed by atoms with Crippen LogP contribution in [0.3, 0.4) is 0 Å². The Bertz CT molecular complexity index is 2380. The summed E-state index contributed by atoms with van der Waals surface area (Å²) in [5.74, 6) is -2.91. The topological polar surface area (TPSA) is 196 Å². The lowest BCUT2D eigenvalue weighted by Gasteiger charge is -2.14. The number of hydrogen-bond acceptors (Lipinski definition) is 16. The van der Waals surface area contributed by atoms with E-state index in [0.717, 1.165) is 29.6 Å². The smallest absolute Gasteiger partial charge is 0.343 e. The van der Waals surface area contributed by atoms with Crippen molar-refractivity contribution in [1.29, 1.82) is 5.26 Å². The van der Waals surface area contributed by atoms with E-state index in [1.54, 1.807) is 24.3 Å². The van der Waals surface area contributed by atoms with Gasteiger partial charge in [0.15, 0.2) is 18.3 Å². The molecule has 0 bridgehead atoms. The highest BCUT2D eigenvalue weighted by atomic mass is 32.1. The Balaban J connectivity index is 1.41. The molecule has 15 nitrogen and oxygen atoms in total. The first-order valence-electron chi connectivity index (χ1n) is 16.4. The highest BCUT2D eigenvalue weighted by Crippen LogP contribution is 2.41. The Morgan fingerprint density at radius 2 is 1.23 bits per heavy atom. The minimum atomic E-state index is -0.806. The normalized spacial score (nSPS) is 10.3. The highest BCUT2D eigenvalue weighted by Gasteiger charge is 2.22. The van der Waals surface area contributed by atoms with Crippen LogP contribution in [0.15, 0.2) is 117 Å². The van der Waals surface area contributed by atoms with E-state index in [4.69, 9.17) is 42.9 Å². The summed E-state index contributed by atoms with van der Waals surface area (Å²) in [6.45, 7) is 8.50. The molecule has 0 aliphatic heterocycles. The predicted octanol–water partition coefficient (Wildman–Crippen LogP) is 6.61. The molecule has 0 unspecified atom stereocenters. The molecule has 16 heteroatoms. The van der Waals surface area contributed by atoms with Crippen LogP contribution < -0.4 is 18.9 Å². The summed E-state index contributed by atoms with van der Waals surface area (Å²) in [6, 6.07) is 21.8. The fraction of sp³-hybridized carbons (Fsp3) is 0.0976. The number of thiazole rings is 1. The number of esters is 5. The van der Waals surface area contributed by atoms with Gasteiger partial charge in [-0.3, -0.25) is 0 Å². The van der Waals surface area contributed by atoms with Gasteiger partial charge in [-0.25, -0.2) is 29.0 Å². The number of hydrogen-bond donors (Lipinski definition) is 0. The number of benzene rings is 4. The number of carbonyl (C=O) groups excluding carboxylic acids is 5. The van der Waals surface area contributed by atoms with Gasteiger partial charge in [0.05, 0.1) is 29.4 Å². The average molecular weight is 791 g/mol. The van der Waals surface area contributed by atoms with Crippen LogP contribution >= 0.6 is 11.3 Å². The van der Waals surface area contributed by atoms with Gasteiger partial charge in [0, 0.05) is 29.4 Å². The van der Waals surface area contributed by atoms with Crippen molar-refractivity contribution in [3.8, 4) is 39.6 Å². The Labute approximate surface area is 328 Å². The molecule has 0 radical (unpaired) electrons. The summed E-state index contributed by atoms with van der Waals surface area (Å²) < 4.78 is 42.8. The zero-order valence-corrected chi connectivity index (χ0v) is 30.6. The number of aromatic nitrogens is 1. The van der Waals surface area contributed by atoms with E-state index >= 15 is 0 Å². The Hall–Kier alpha value is -7.61. The van der Waals surface area contributed by atoms with Gasteiger partial charge in [-0.05, 0) is 66.7 Å². The summed E-state index contributed by atoms with van der Waals surface area (Å²) in [6.07, 6.45) is 2.94. The number of nitriles is 1. The second-order valence-corrected chi connectivity index (χ2v) is 12.1. The minimum Gasteiger partial charge on any atom is -0.457 e. The molecule has 0 saturated carbocycles. The molecule has 0 aliphatic carbocycles. The molecule has 288 valence electrons. The fourth-order valence-corrected chi connectivity index (χ4v) is 5.67. The first kappa shape index (κ1) is 40.6. The van der Waals surface area contributed by atoms with Gasteiger partial charge in [0.2, 0.25) is 13.6 Å². The quantitative estimate of drug-likeness (QED) is 0.0230. The van der Waals surface area contributed by atoms with Crippen LogP contribution in [0.25, 0.3) is 20.8 Å². The second kappa shape index (κ2) is 19.6. The molecule has 0 saturated heterocycles. The zero-order valence-electron chi connectivity index (χ0n) is 29.8. The van der Waals surface area contributed by atoms with E-state index in [1.807, 2.05) is 0 Å². The van der Waals surface area contributed by atoms with Gasteiger partial charge >= 0.3 is 29.8 Å². The highest BCUT2D eigenvalue weighted by molar-refractivity contribution is 7.22. The van der Waals surface area contributed by atoms with Crippen molar-refractivity contribution in [2.24, 2.45) is 0 Å². The predicted molar refractivity (Wildman–Crippen MR) is 202 cm³/mol. The standard InChI is InChI=1S/C41H30N2O13S/c1-4-34(44)52-22-49-21-29-19-28(13-16-31(29)51-24-54-36(46)6-3)41(48)55-32-17-18-33(38-37(32)43-39(57-38)26-9-7-25(20-42)8-10-26)56-40(47)27-11-14-30(15-12-27)50-23-53-35(45)5-2/h4-19H,1-3,21-24H2. The van der Waals surface area contributed by atoms with Crippen LogP contribution in [-0.4, -0.2) is 55.2 Å². The SMILES string of the molecule is C=CC(=O)OCOCc1cc(C(=O)Oc2ccc(OC(=O)c3ccc(OCOC(=O)C=C)cc3)c3sc(-c4ccc(C#N)cc4)nc23)ccc1OCOC(=O)C=C. The van der Waals surface area contributed by atoms with Gasteiger partial charge in [0.1, 0.15) is 26.7 Å². The van der Waals surface area contributed by atoms with Gasteiger partial charge in [0.25, 0.3) is 0 Å². The molecule has 57 heavy (non-hydrogen) atoms. The third-order valence-corrected chi connectivity index (χ3v) is 8.53. The molecule has 0 spiro atoms.